The Morgan fingerprint density at radius 3 is 2.44 bits per heavy atom. The van der Waals surface area contributed by atoms with Crippen LogP contribution in [0.4, 0.5) is 0 Å². The third kappa shape index (κ3) is 3.16. The van der Waals surface area contributed by atoms with E-state index in [0.717, 1.165) is 17.8 Å². The summed E-state index contributed by atoms with van der Waals surface area (Å²) in [7, 11) is 0. The Bertz CT molecular complexity index is 352. The van der Waals surface area contributed by atoms with E-state index in [1.54, 1.807) is 6.20 Å². The van der Waals surface area contributed by atoms with Crippen LogP contribution >= 0.6 is 0 Å². The van der Waals surface area contributed by atoms with E-state index in [1.807, 2.05) is 24.4 Å². The molecule has 0 amide bonds. The molecule has 0 aliphatic heterocycles. The molecule has 0 aliphatic carbocycles. The molecule has 0 atom stereocenters. The van der Waals surface area contributed by atoms with E-state index in [0.29, 0.717) is 5.92 Å². The van der Waals surface area contributed by atoms with E-state index >= 15 is 0 Å². The number of nitrogens with two attached hydrogens (primary N) is 1. The fourth-order valence-electron chi connectivity index (χ4n) is 1.63. The minimum atomic E-state index is 0.566. The highest BCUT2D eigenvalue weighted by molar-refractivity contribution is 5.64. The Morgan fingerprint density at radius 2 is 2.00 bits per heavy atom. The van der Waals surface area contributed by atoms with Gasteiger partial charge in [-0.25, -0.2) is 0 Å². The van der Waals surface area contributed by atoms with E-state index in [-0.39, 0.29) is 0 Å². The van der Waals surface area contributed by atoms with Crippen molar-refractivity contribution >= 4 is 5.70 Å². The lowest BCUT2D eigenvalue weighted by Gasteiger charge is -2.25. The van der Waals surface area contributed by atoms with Gasteiger partial charge in [0.15, 0.2) is 0 Å². The van der Waals surface area contributed by atoms with Gasteiger partial charge < -0.3 is 10.6 Å². The minimum absolute atomic E-state index is 0.566. The molecule has 1 rings (SSSR count). The summed E-state index contributed by atoms with van der Waals surface area (Å²) in [6.45, 7) is 9.11. The zero-order valence-electron chi connectivity index (χ0n) is 10.1. The van der Waals surface area contributed by atoms with Crippen LogP contribution in [-0.4, -0.2) is 11.4 Å². The molecule has 0 unspecified atom stereocenters. The average molecular weight is 216 g/mol. The molecule has 0 aromatic heterocycles. The zero-order chi connectivity index (χ0) is 12.0. The maximum absolute atomic E-state index is 5.71. The summed E-state index contributed by atoms with van der Waals surface area (Å²) in [6, 6.07) is 10.1. The highest BCUT2D eigenvalue weighted by atomic mass is 15.1. The van der Waals surface area contributed by atoms with Gasteiger partial charge in [0.1, 0.15) is 0 Å². The van der Waals surface area contributed by atoms with Crippen LogP contribution in [0.15, 0.2) is 49.3 Å². The van der Waals surface area contributed by atoms with Crippen molar-refractivity contribution in [1.29, 1.82) is 0 Å². The summed E-state index contributed by atoms with van der Waals surface area (Å²) >= 11 is 0. The molecule has 0 saturated heterocycles. The monoisotopic (exact) mass is 216 g/mol. The van der Waals surface area contributed by atoms with Gasteiger partial charge >= 0.3 is 0 Å². The Hall–Kier alpha value is -1.70. The predicted octanol–water partition coefficient (Wildman–Crippen LogP) is 3.05. The average Bonchev–Trinajstić information content (AvgIpc) is 2.29. The summed E-state index contributed by atoms with van der Waals surface area (Å²) in [5.41, 5.74) is 7.83. The second-order valence-electron chi connectivity index (χ2n) is 4.15. The second kappa shape index (κ2) is 6.01. The van der Waals surface area contributed by atoms with Crippen LogP contribution in [-0.2, 0) is 0 Å². The lowest BCUT2D eigenvalue weighted by molar-refractivity contribution is 0.442. The molecular formula is C14H20N2. The zero-order valence-corrected chi connectivity index (χ0v) is 10.1. The lowest BCUT2D eigenvalue weighted by Crippen LogP contribution is -2.21. The van der Waals surface area contributed by atoms with Crippen molar-refractivity contribution in [2.45, 2.75) is 13.8 Å². The molecule has 1 aromatic rings. The lowest BCUT2D eigenvalue weighted by atomic mass is 10.1. The van der Waals surface area contributed by atoms with Crippen molar-refractivity contribution in [2.75, 3.05) is 6.54 Å². The molecule has 0 bridgehead atoms. The summed E-state index contributed by atoms with van der Waals surface area (Å²) < 4.78 is 0. The van der Waals surface area contributed by atoms with E-state index in [1.165, 1.54) is 0 Å². The van der Waals surface area contributed by atoms with Crippen LogP contribution in [0.2, 0.25) is 0 Å². The first-order valence-electron chi connectivity index (χ1n) is 5.55. The Kier molecular flexibility index (Phi) is 4.65. The van der Waals surface area contributed by atoms with Gasteiger partial charge in [0, 0.05) is 12.7 Å². The smallest absolute Gasteiger partial charge is 0.0637 e. The molecule has 2 heteroatoms. The van der Waals surface area contributed by atoms with Gasteiger partial charge in [-0.05, 0) is 17.7 Å². The van der Waals surface area contributed by atoms with Crippen LogP contribution in [0, 0.1) is 5.92 Å². The molecule has 0 saturated carbocycles. The van der Waals surface area contributed by atoms with Crippen molar-refractivity contribution < 1.29 is 0 Å². The van der Waals surface area contributed by atoms with Crippen LogP contribution in [0.5, 0.6) is 0 Å². The molecule has 1 aromatic carbocycles. The highest BCUT2D eigenvalue weighted by Gasteiger charge is 2.09. The van der Waals surface area contributed by atoms with E-state index in [4.69, 9.17) is 5.73 Å². The topological polar surface area (TPSA) is 29.3 Å². The Labute approximate surface area is 98.1 Å². The number of nitrogens with zero attached hydrogens (tertiary/aromatic N) is 1. The maximum atomic E-state index is 5.71. The second-order valence-corrected chi connectivity index (χ2v) is 4.15. The van der Waals surface area contributed by atoms with Gasteiger partial charge in [-0.15, -0.1) is 0 Å². The fourth-order valence-corrected chi connectivity index (χ4v) is 1.63. The van der Waals surface area contributed by atoms with Crippen LogP contribution in [0.1, 0.15) is 19.4 Å². The summed E-state index contributed by atoms with van der Waals surface area (Å²) in [6.07, 6.45) is 3.46. The number of hydrogen-bond acceptors (Lipinski definition) is 2. The molecule has 0 heterocycles. The minimum Gasteiger partial charge on any atom is -0.403 e. The van der Waals surface area contributed by atoms with Gasteiger partial charge in [0.05, 0.1) is 5.70 Å². The third-order valence-corrected chi connectivity index (χ3v) is 2.32. The summed E-state index contributed by atoms with van der Waals surface area (Å²) in [5.74, 6) is 0.566. The van der Waals surface area contributed by atoms with Crippen LogP contribution < -0.4 is 5.73 Å². The van der Waals surface area contributed by atoms with Crippen molar-refractivity contribution in [3.05, 3.63) is 54.9 Å². The molecule has 2 N–H and O–H groups in total. The van der Waals surface area contributed by atoms with E-state index in [2.05, 4.69) is 37.5 Å². The van der Waals surface area contributed by atoms with Gasteiger partial charge in [0.25, 0.3) is 0 Å². The number of rotatable bonds is 5. The SMILES string of the molecule is C=CN(CC(C)C)/C(=C\N)c1ccccc1. The summed E-state index contributed by atoms with van der Waals surface area (Å²) in [4.78, 5) is 2.08. The molecule has 0 aliphatic rings. The first-order chi connectivity index (χ1) is 7.69. The van der Waals surface area contributed by atoms with Crippen LogP contribution in [0.25, 0.3) is 5.70 Å². The quantitative estimate of drug-likeness (QED) is 0.819. The first-order valence-corrected chi connectivity index (χ1v) is 5.55. The molecule has 0 radical (unpaired) electrons. The molecule has 0 spiro atoms. The maximum Gasteiger partial charge on any atom is 0.0637 e. The third-order valence-electron chi connectivity index (χ3n) is 2.32. The molecular weight excluding hydrogens is 196 g/mol. The van der Waals surface area contributed by atoms with Gasteiger partial charge in [-0.3, -0.25) is 0 Å². The van der Waals surface area contributed by atoms with Crippen molar-refractivity contribution in [2.24, 2.45) is 11.7 Å². The van der Waals surface area contributed by atoms with Gasteiger partial charge in [-0.2, -0.15) is 0 Å². The van der Waals surface area contributed by atoms with Crippen molar-refractivity contribution in [1.82, 2.24) is 4.90 Å². The van der Waals surface area contributed by atoms with Gasteiger partial charge in [-0.1, -0.05) is 50.8 Å². The highest BCUT2D eigenvalue weighted by Crippen LogP contribution is 2.19. The standard InChI is InChI=1S/C14H20N2/c1-4-16(11-12(2)3)14(10-15)13-8-6-5-7-9-13/h4-10,12H,1,11,15H2,2-3H3/b14-10-. The predicted molar refractivity (Wildman–Crippen MR) is 70.3 cm³/mol. The Morgan fingerprint density at radius 1 is 1.38 bits per heavy atom. The normalized spacial score (nSPS) is 11.6. The largest absolute Gasteiger partial charge is 0.403 e. The molecule has 16 heavy (non-hydrogen) atoms. The fraction of sp³-hybridized carbons (Fsp3) is 0.286. The van der Waals surface area contributed by atoms with Crippen molar-refractivity contribution in [3.8, 4) is 0 Å². The first kappa shape index (κ1) is 12.4. The number of benzene rings is 1. The summed E-state index contributed by atoms with van der Waals surface area (Å²) in [5, 5.41) is 0. The molecule has 86 valence electrons. The molecule has 0 fully saturated rings. The molecule has 2 nitrogen and oxygen atoms in total. The van der Waals surface area contributed by atoms with Crippen molar-refractivity contribution in [3.63, 3.8) is 0 Å². The Balaban J connectivity index is 2.93. The van der Waals surface area contributed by atoms with Crippen LogP contribution in [0.3, 0.4) is 0 Å². The van der Waals surface area contributed by atoms with E-state index in [9.17, 15) is 0 Å². The van der Waals surface area contributed by atoms with Gasteiger partial charge in [0.2, 0.25) is 0 Å². The van der Waals surface area contributed by atoms with E-state index < -0.39 is 0 Å². The number of hydrogen-bond donors (Lipinski definition) is 1.